The Bertz CT molecular complexity index is 1240. The van der Waals surface area contributed by atoms with E-state index in [1.807, 2.05) is 0 Å². The van der Waals surface area contributed by atoms with Gasteiger partial charge in [-0.15, -0.1) is 0 Å². The molecule has 0 spiro atoms. The maximum atomic E-state index is 13.5. The summed E-state index contributed by atoms with van der Waals surface area (Å²) in [5, 5.41) is 60.7. The van der Waals surface area contributed by atoms with Crippen molar-refractivity contribution in [2.75, 3.05) is 20.8 Å². The fourth-order valence-electron chi connectivity index (χ4n) is 3.86. The third kappa shape index (κ3) is 3.70. The third-order valence-corrected chi connectivity index (χ3v) is 5.52. The topological polar surface area (TPSA) is 179 Å². The zero-order chi connectivity index (χ0) is 24.0. The summed E-state index contributed by atoms with van der Waals surface area (Å²) < 4.78 is 21.7. The lowest BCUT2D eigenvalue weighted by atomic mass is 9.91. The van der Waals surface area contributed by atoms with E-state index in [9.17, 15) is 35.4 Å². The van der Waals surface area contributed by atoms with Crippen molar-refractivity contribution >= 4 is 11.0 Å². The highest BCUT2D eigenvalue weighted by Gasteiger charge is 2.42. The summed E-state index contributed by atoms with van der Waals surface area (Å²) in [6, 6.07) is 4.75. The Kier molecular flexibility index (Phi) is 5.80. The van der Waals surface area contributed by atoms with Crippen molar-refractivity contribution in [3.05, 3.63) is 40.1 Å². The van der Waals surface area contributed by atoms with Gasteiger partial charge in [-0.3, -0.25) is 4.79 Å². The molecule has 176 valence electrons. The summed E-state index contributed by atoms with van der Waals surface area (Å²) in [6.07, 6.45) is -6.17. The molecule has 0 radical (unpaired) electrons. The van der Waals surface area contributed by atoms with Crippen LogP contribution >= 0.6 is 0 Å². The molecule has 4 rings (SSSR count). The standard InChI is InChI=1S/C22H22O11/c1-30-13-3-8(4-14(31-2)18(13)27)21-16(22-20(29)17(26)11(25)7-32-22)19(28)15-10(24)5-9(23)6-12(15)33-21/h3-6,11,17,20,22-27,29H,7H2,1-2H3/t11-,17-,20+,22-/m0/s1. The molecule has 0 saturated carbocycles. The largest absolute Gasteiger partial charge is 0.508 e. The summed E-state index contributed by atoms with van der Waals surface area (Å²) in [6.45, 7) is -0.385. The van der Waals surface area contributed by atoms with Gasteiger partial charge in [-0.2, -0.15) is 0 Å². The second-order valence-corrected chi connectivity index (χ2v) is 7.54. The first-order valence-electron chi connectivity index (χ1n) is 9.81. The average Bonchev–Trinajstić information content (AvgIpc) is 2.77. The van der Waals surface area contributed by atoms with Crippen molar-refractivity contribution in [3.8, 4) is 40.1 Å². The van der Waals surface area contributed by atoms with E-state index in [1.165, 1.54) is 26.4 Å². The van der Waals surface area contributed by atoms with Crippen molar-refractivity contribution in [3.63, 3.8) is 0 Å². The molecule has 0 unspecified atom stereocenters. The molecule has 3 aromatic rings. The van der Waals surface area contributed by atoms with Gasteiger partial charge in [-0.05, 0) is 12.1 Å². The Morgan fingerprint density at radius 1 is 0.939 bits per heavy atom. The highest BCUT2D eigenvalue weighted by atomic mass is 16.5. The fraction of sp³-hybridized carbons (Fsp3) is 0.318. The van der Waals surface area contributed by atoms with Gasteiger partial charge in [0, 0.05) is 17.7 Å². The Hall–Kier alpha value is -3.51. The number of fused-ring (bicyclic) bond motifs is 1. The summed E-state index contributed by atoms with van der Waals surface area (Å²) in [7, 11) is 2.61. The number of hydrogen-bond acceptors (Lipinski definition) is 11. The third-order valence-electron chi connectivity index (χ3n) is 5.52. The molecule has 11 nitrogen and oxygen atoms in total. The van der Waals surface area contributed by atoms with Crippen LogP contribution in [0.2, 0.25) is 0 Å². The van der Waals surface area contributed by atoms with E-state index in [1.54, 1.807) is 0 Å². The molecular weight excluding hydrogens is 440 g/mol. The zero-order valence-corrected chi connectivity index (χ0v) is 17.6. The van der Waals surface area contributed by atoms with Crippen LogP contribution in [0, 0.1) is 0 Å². The van der Waals surface area contributed by atoms with Crippen molar-refractivity contribution in [2.45, 2.75) is 24.4 Å². The van der Waals surface area contributed by atoms with Crippen LogP contribution in [0.4, 0.5) is 0 Å². The van der Waals surface area contributed by atoms with E-state index < -0.39 is 35.6 Å². The highest BCUT2D eigenvalue weighted by molar-refractivity contribution is 5.87. The van der Waals surface area contributed by atoms with Crippen LogP contribution in [0.5, 0.6) is 28.7 Å². The van der Waals surface area contributed by atoms with E-state index in [0.717, 1.165) is 12.1 Å². The molecule has 4 atom stereocenters. The van der Waals surface area contributed by atoms with Gasteiger partial charge in [-0.1, -0.05) is 0 Å². The average molecular weight is 462 g/mol. The Labute approximate surface area is 186 Å². The summed E-state index contributed by atoms with van der Waals surface area (Å²) in [5.41, 5.74) is -1.08. The van der Waals surface area contributed by atoms with Crippen molar-refractivity contribution in [1.82, 2.24) is 0 Å². The van der Waals surface area contributed by atoms with Crippen LogP contribution in [0.1, 0.15) is 11.7 Å². The maximum Gasteiger partial charge on any atom is 0.203 e. The number of rotatable bonds is 4. The molecule has 33 heavy (non-hydrogen) atoms. The molecule has 2 heterocycles. The molecule has 0 aliphatic carbocycles. The smallest absolute Gasteiger partial charge is 0.203 e. The number of methoxy groups -OCH3 is 2. The minimum atomic E-state index is -1.71. The van der Waals surface area contributed by atoms with E-state index >= 15 is 0 Å². The van der Waals surface area contributed by atoms with Gasteiger partial charge in [0.2, 0.25) is 11.2 Å². The molecule has 1 aliphatic heterocycles. The number of ether oxygens (including phenoxy) is 3. The van der Waals surface area contributed by atoms with Gasteiger partial charge < -0.3 is 49.3 Å². The number of hydrogen-bond donors (Lipinski definition) is 6. The molecule has 1 saturated heterocycles. The number of aromatic hydroxyl groups is 3. The van der Waals surface area contributed by atoms with Gasteiger partial charge in [0.1, 0.15) is 52.6 Å². The first-order chi connectivity index (χ1) is 15.7. The monoisotopic (exact) mass is 462 g/mol. The Morgan fingerprint density at radius 3 is 2.18 bits per heavy atom. The molecule has 1 aromatic heterocycles. The molecule has 1 aliphatic rings. The van der Waals surface area contributed by atoms with E-state index in [2.05, 4.69) is 0 Å². The second kappa shape index (κ2) is 8.45. The van der Waals surface area contributed by atoms with Crippen LogP contribution in [-0.4, -0.2) is 69.8 Å². The maximum absolute atomic E-state index is 13.5. The van der Waals surface area contributed by atoms with E-state index in [0.29, 0.717) is 0 Å². The molecule has 1 fully saturated rings. The normalized spacial score (nSPS) is 22.9. The van der Waals surface area contributed by atoms with Crippen LogP contribution in [0.15, 0.2) is 33.5 Å². The van der Waals surface area contributed by atoms with Gasteiger partial charge in [0.05, 0.1) is 26.4 Å². The highest BCUT2D eigenvalue weighted by Crippen LogP contribution is 2.44. The molecule has 2 aromatic carbocycles. The Morgan fingerprint density at radius 2 is 1.58 bits per heavy atom. The SMILES string of the molecule is COc1cc(-c2oc3cc(O)cc(O)c3c(=O)c2[C@@H]2OC[C@H](O)[C@H](O)[C@H]2O)cc(OC)c1O. The van der Waals surface area contributed by atoms with Gasteiger partial charge in [0.15, 0.2) is 11.5 Å². The van der Waals surface area contributed by atoms with Gasteiger partial charge in [-0.25, -0.2) is 0 Å². The predicted octanol–water partition coefficient (Wildman–Crippen LogP) is 0.748. The van der Waals surface area contributed by atoms with Crippen molar-refractivity contribution < 1.29 is 49.3 Å². The van der Waals surface area contributed by atoms with Crippen molar-refractivity contribution in [1.29, 1.82) is 0 Å². The predicted molar refractivity (Wildman–Crippen MR) is 113 cm³/mol. The minimum Gasteiger partial charge on any atom is -0.508 e. The summed E-state index contributed by atoms with van der Waals surface area (Å²) in [5.74, 6) is -1.44. The van der Waals surface area contributed by atoms with Gasteiger partial charge in [0.25, 0.3) is 0 Å². The van der Waals surface area contributed by atoms with Crippen LogP contribution in [-0.2, 0) is 4.74 Å². The fourth-order valence-corrected chi connectivity index (χ4v) is 3.86. The molecule has 0 amide bonds. The number of phenolic OH excluding ortho intramolecular Hbond substituents is 3. The summed E-state index contributed by atoms with van der Waals surface area (Å²) >= 11 is 0. The first-order valence-corrected chi connectivity index (χ1v) is 9.81. The lowest BCUT2D eigenvalue weighted by Gasteiger charge is -2.35. The Balaban J connectivity index is 2.07. The van der Waals surface area contributed by atoms with Crippen LogP contribution in [0.25, 0.3) is 22.3 Å². The number of phenols is 3. The molecular formula is C22H22O11. The lowest BCUT2D eigenvalue weighted by Crippen LogP contribution is -2.50. The lowest BCUT2D eigenvalue weighted by molar-refractivity contribution is -0.189. The molecule has 6 N–H and O–H groups in total. The zero-order valence-electron chi connectivity index (χ0n) is 17.6. The van der Waals surface area contributed by atoms with E-state index in [-0.39, 0.29) is 57.5 Å². The number of benzene rings is 2. The number of aliphatic hydroxyl groups excluding tert-OH is 3. The van der Waals surface area contributed by atoms with E-state index in [4.69, 9.17) is 18.6 Å². The van der Waals surface area contributed by atoms with Crippen molar-refractivity contribution in [2.24, 2.45) is 0 Å². The minimum absolute atomic E-state index is 0.0163. The molecule has 11 heteroatoms. The van der Waals surface area contributed by atoms with Gasteiger partial charge >= 0.3 is 0 Å². The quantitative estimate of drug-likeness (QED) is 0.322. The van der Waals surface area contributed by atoms with Crippen LogP contribution in [0.3, 0.4) is 0 Å². The summed E-state index contributed by atoms with van der Waals surface area (Å²) in [4.78, 5) is 13.5. The first kappa shape index (κ1) is 22.7. The second-order valence-electron chi connectivity index (χ2n) is 7.54. The number of aliphatic hydroxyl groups is 3. The molecule has 0 bridgehead atoms. The van der Waals surface area contributed by atoms with Crippen LogP contribution < -0.4 is 14.9 Å².